The number of ether oxygens (including phenoxy) is 3. The minimum Gasteiger partial charge on any atom is -0.496 e. The number of alkyl halides is 2. The van der Waals surface area contributed by atoms with Gasteiger partial charge in [-0.1, -0.05) is 44.9 Å². The molecule has 2 atom stereocenters. The highest BCUT2D eigenvalue weighted by Crippen LogP contribution is 2.34. The number of fused-ring (bicyclic) bond motifs is 1. The zero-order valence-corrected chi connectivity index (χ0v) is 23.1. The van der Waals surface area contributed by atoms with Gasteiger partial charge >= 0.3 is 6.61 Å². The molecule has 39 heavy (non-hydrogen) atoms. The molecule has 8 heteroatoms. The molecule has 0 amide bonds. The summed E-state index contributed by atoms with van der Waals surface area (Å²) in [4.78, 5) is 14.2. The maximum atomic E-state index is 12.9. The number of halogens is 2. The Bertz CT molecular complexity index is 1380. The molecule has 0 N–H and O–H groups in total. The van der Waals surface area contributed by atoms with Crippen LogP contribution in [0.1, 0.15) is 70.1 Å². The first-order chi connectivity index (χ1) is 18.9. The van der Waals surface area contributed by atoms with Crippen LogP contribution in [-0.2, 0) is 6.42 Å². The third kappa shape index (κ3) is 7.11. The number of benzene rings is 2. The van der Waals surface area contributed by atoms with Crippen LogP contribution in [0.3, 0.4) is 0 Å². The van der Waals surface area contributed by atoms with Gasteiger partial charge in [0.1, 0.15) is 29.3 Å². The van der Waals surface area contributed by atoms with Crippen molar-refractivity contribution in [2.75, 3.05) is 13.8 Å². The molecule has 6 nitrogen and oxygen atoms in total. The molecule has 208 valence electrons. The van der Waals surface area contributed by atoms with Crippen molar-refractivity contribution < 1.29 is 23.0 Å². The lowest BCUT2D eigenvalue weighted by atomic mass is 9.95. The van der Waals surface area contributed by atoms with Crippen molar-refractivity contribution in [3.05, 3.63) is 70.6 Å². The first-order valence-electron chi connectivity index (χ1n) is 13.7. The molecule has 0 spiro atoms. The lowest BCUT2D eigenvalue weighted by molar-refractivity contribution is -0.0499. The van der Waals surface area contributed by atoms with Gasteiger partial charge in [0.25, 0.3) is 0 Å². The fourth-order valence-corrected chi connectivity index (χ4v) is 4.93. The maximum absolute atomic E-state index is 12.9. The van der Waals surface area contributed by atoms with Crippen LogP contribution in [0.25, 0.3) is 11.1 Å². The van der Waals surface area contributed by atoms with E-state index in [-0.39, 0.29) is 17.8 Å². The Morgan fingerprint density at radius 1 is 0.897 bits per heavy atom. The minimum atomic E-state index is -2.91. The highest BCUT2D eigenvalue weighted by Gasteiger charge is 2.20. The molecule has 1 aromatic heterocycles. The van der Waals surface area contributed by atoms with Crippen LogP contribution in [0.5, 0.6) is 17.2 Å². The average Bonchev–Trinajstić information content (AvgIpc) is 3.42. The zero-order chi connectivity index (χ0) is 27.8. The van der Waals surface area contributed by atoms with Crippen molar-refractivity contribution >= 4 is 0 Å². The zero-order valence-electron chi connectivity index (χ0n) is 23.1. The van der Waals surface area contributed by atoms with Gasteiger partial charge in [0.15, 0.2) is 0 Å². The summed E-state index contributed by atoms with van der Waals surface area (Å²) in [6.07, 6.45) is 7.56. The molecule has 0 radical (unpaired) electrons. The highest BCUT2D eigenvalue weighted by atomic mass is 19.3. The highest BCUT2D eigenvalue weighted by molar-refractivity contribution is 5.71. The quantitative estimate of drug-likeness (QED) is 0.216. The predicted molar refractivity (Wildman–Crippen MR) is 147 cm³/mol. The second-order valence-electron chi connectivity index (χ2n) is 9.92. The van der Waals surface area contributed by atoms with E-state index in [0.717, 1.165) is 77.4 Å². The molecule has 1 aliphatic heterocycles. The van der Waals surface area contributed by atoms with Crippen LogP contribution in [0, 0.1) is 0 Å². The van der Waals surface area contributed by atoms with Gasteiger partial charge in [0.2, 0.25) is 0 Å². The van der Waals surface area contributed by atoms with Crippen molar-refractivity contribution in [2.24, 2.45) is 9.98 Å². The normalized spacial score (nSPS) is 13.8. The van der Waals surface area contributed by atoms with Crippen LogP contribution in [0.15, 0.2) is 58.6 Å². The summed E-state index contributed by atoms with van der Waals surface area (Å²) in [5, 5.41) is 1.55. The van der Waals surface area contributed by atoms with E-state index in [0.29, 0.717) is 12.4 Å². The summed E-state index contributed by atoms with van der Waals surface area (Å²) in [5.74, 6) is 1.55. The molecular formula is C31H37F2N3O3. The number of nitrogens with zero attached hydrogens (tertiary/aromatic N) is 3. The summed E-state index contributed by atoms with van der Waals surface area (Å²) < 4.78 is 42.4. The van der Waals surface area contributed by atoms with Gasteiger partial charge in [0.05, 0.1) is 24.3 Å². The molecule has 3 aromatic rings. The van der Waals surface area contributed by atoms with Crippen LogP contribution in [0.4, 0.5) is 8.78 Å². The number of hydrogen-bond acceptors (Lipinski definition) is 6. The smallest absolute Gasteiger partial charge is 0.387 e. The van der Waals surface area contributed by atoms with Crippen LogP contribution in [0.2, 0.25) is 0 Å². The van der Waals surface area contributed by atoms with Gasteiger partial charge in [-0.2, -0.15) is 8.78 Å². The molecule has 2 unspecified atom stereocenters. The molecule has 1 aliphatic rings. The first-order valence-corrected chi connectivity index (χ1v) is 13.7. The number of pyridine rings is 1. The van der Waals surface area contributed by atoms with Gasteiger partial charge < -0.3 is 14.2 Å². The summed E-state index contributed by atoms with van der Waals surface area (Å²) in [5.41, 5.74) is 3.56. The van der Waals surface area contributed by atoms with Crippen molar-refractivity contribution in [1.82, 2.24) is 4.98 Å². The molecule has 0 saturated carbocycles. The number of aryl methyl sites for hydroxylation is 1. The predicted octanol–water partition coefficient (Wildman–Crippen LogP) is 6.65. The van der Waals surface area contributed by atoms with E-state index in [1.54, 1.807) is 19.4 Å². The average molecular weight is 538 g/mol. The van der Waals surface area contributed by atoms with E-state index in [4.69, 9.17) is 14.5 Å². The SMILES string of the molecule is CCCCCC(C)Oc1cc(OC(F)F)ccc1-c1cnc(C(C)CCc2ccccc2OC)c2c1=NCN=2. The van der Waals surface area contributed by atoms with Gasteiger partial charge in [-0.25, -0.2) is 0 Å². The molecule has 0 bridgehead atoms. The molecule has 2 heterocycles. The van der Waals surface area contributed by atoms with E-state index in [1.165, 1.54) is 12.1 Å². The van der Waals surface area contributed by atoms with Crippen LogP contribution >= 0.6 is 0 Å². The minimum absolute atomic E-state index is 0.0531. The lowest BCUT2D eigenvalue weighted by Crippen LogP contribution is -2.31. The fourth-order valence-electron chi connectivity index (χ4n) is 4.93. The van der Waals surface area contributed by atoms with Crippen molar-refractivity contribution in [3.63, 3.8) is 0 Å². The fraction of sp³-hybridized carbons (Fsp3) is 0.452. The maximum Gasteiger partial charge on any atom is 0.387 e. The van der Waals surface area contributed by atoms with Crippen LogP contribution in [-0.4, -0.2) is 31.5 Å². The van der Waals surface area contributed by atoms with Crippen LogP contribution < -0.4 is 24.9 Å². The second kappa shape index (κ2) is 13.5. The number of methoxy groups -OCH3 is 1. The monoisotopic (exact) mass is 537 g/mol. The standard InChI is InChI=1S/C31H37F2N3O3/c1-5-6-7-10-21(3)38-27-17-23(39-31(32)33)15-16-24(27)25-18-34-28(30-29(25)35-19-36-30)20(2)13-14-22-11-8-9-12-26(22)37-4/h8-9,11-12,15-18,20-21,31H,5-7,10,13-14,19H2,1-4H3. The van der Waals surface area contributed by atoms with Gasteiger partial charge in [-0.05, 0) is 56.4 Å². The third-order valence-corrected chi connectivity index (χ3v) is 7.03. The molecular weight excluding hydrogens is 500 g/mol. The summed E-state index contributed by atoms with van der Waals surface area (Å²) >= 11 is 0. The molecule has 0 saturated heterocycles. The molecule has 0 aliphatic carbocycles. The number of unbranched alkanes of at least 4 members (excludes halogenated alkanes) is 2. The van der Waals surface area contributed by atoms with E-state index in [1.807, 2.05) is 25.1 Å². The summed E-state index contributed by atoms with van der Waals surface area (Å²) in [6.45, 7) is 3.71. The Hall–Kier alpha value is -3.55. The Morgan fingerprint density at radius 3 is 2.46 bits per heavy atom. The van der Waals surface area contributed by atoms with Gasteiger partial charge in [0, 0.05) is 29.3 Å². The molecule has 4 rings (SSSR count). The Morgan fingerprint density at radius 2 is 1.69 bits per heavy atom. The number of rotatable bonds is 14. The van der Waals surface area contributed by atoms with Crippen molar-refractivity contribution in [3.8, 4) is 28.4 Å². The number of hydrogen-bond donors (Lipinski definition) is 0. The first kappa shape index (κ1) is 28.5. The van der Waals surface area contributed by atoms with E-state index >= 15 is 0 Å². The Balaban J connectivity index is 1.64. The van der Waals surface area contributed by atoms with Crippen molar-refractivity contribution in [1.29, 1.82) is 0 Å². The summed E-state index contributed by atoms with van der Waals surface area (Å²) in [6, 6.07) is 12.8. The second-order valence-corrected chi connectivity index (χ2v) is 9.92. The summed E-state index contributed by atoms with van der Waals surface area (Å²) in [7, 11) is 1.69. The van der Waals surface area contributed by atoms with Crippen molar-refractivity contribution in [2.45, 2.75) is 77.9 Å². The number of para-hydroxylation sites is 1. The Kier molecular flexibility index (Phi) is 9.85. The van der Waals surface area contributed by atoms with E-state index < -0.39 is 6.61 Å². The lowest BCUT2D eigenvalue weighted by Gasteiger charge is -2.19. The van der Waals surface area contributed by atoms with E-state index in [2.05, 4.69) is 34.6 Å². The van der Waals surface area contributed by atoms with Gasteiger partial charge in [-0.15, -0.1) is 0 Å². The molecule has 2 aromatic carbocycles. The largest absolute Gasteiger partial charge is 0.496 e. The number of aromatic nitrogens is 1. The van der Waals surface area contributed by atoms with E-state index in [9.17, 15) is 8.78 Å². The molecule has 0 fully saturated rings. The van der Waals surface area contributed by atoms with Gasteiger partial charge in [-0.3, -0.25) is 15.0 Å². The topological polar surface area (TPSA) is 65.3 Å². The Labute approximate surface area is 228 Å². The third-order valence-electron chi connectivity index (χ3n) is 7.03.